The van der Waals surface area contributed by atoms with Gasteiger partial charge in [0.1, 0.15) is 11.5 Å². The summed E-state index contributed by atoms with van der Waals surface area (Å²) in [6.45, 7) is 0. The van der Waals surface area contributed by atoms with Gasteiger partial charge in [-0.2, -0.15) is 0 Å². The van der Waals surface area contributed by atoms with E-state index < -0.39 is 0 Å². The van der Waals surface area contributed by atoms with Gasteiger partial charge in [0.2, 0.25) is 0 Å². The zero-order chi connectivity index (χ0) is 9.97. The van der Waals surface area contributed by atoms with E-state index in [0.29, 0.717) is 5.75 Å². The minimum absolute atomic E-state index is 0.201. The van der Waals surface area contributed by atoms with Crippen LogP contribution in [0, 0.1) is 11.5 Å². The highest BCUT2D eigenvalue weighted by atomic mass is 16.5. The van der Waals surface area contributed by atoms with Crippen molar-refractivity contribution in [1.29, 1.82) is 5.26 Å². The predicted molar refractivity (Wildman–Crippen MR) is 51.9 cm³/mol. The summed E-state index contributed by atoms with van der Waals surface area (Å²) in [5.41, 5.74) is 0. The maximum atomic E-state index is 9.25. The van der Waals surface area contributed by atoms with Gasteiger partial charge in [0.25, 0.3) is 6.26 Å². The first-order valence-electron chi connectivity index (χ1n) is 4.09. The maximum absolute atomic E-state index is 9.25. The lowest BCUT2D eigenvalue weighted by atomic mass is 10.1. The summed E-state index contributed by atoms with van der Waals surface area (Å²) in [5, 5.41) is 19.3. The van der Waals surface area contributed by atoms with Crippen molar-refractivity contribution in [2.75, 3.05) is 0 Å². The molecule has 68 valence electrons. The van der Waals surface area contributed by atoms with Gasteiger partial charge in [-0.25, -0.2) is 0 Å². The van der Waals surface area contributed by atoms with Crippen molar-refractivity contribution in [2.45, 2.75) is 0 Å². The van der Waals surface area contributed by atoms with Gasteiger partial charge in [-0.3, -0.25) is 0 Å². The van der Waals surface area contributed by atoms with Gasteiger partial charge >= 0.3 is 0 Å². The average molecular weight is 185 g/mol. The van der Waals surface area contributed by atoms with Gasteiger partial charge in [-0.15, -0.1) is 5.26 Å². The van der Waals surface area contributed by atoms with Gasteiger partial charge in [0.05, 0.1) is 0 Å². The lowest BCUT2D eigenvalue weighted by molar-refractivity contribution is 0.476. The molecule has 0 saturated heterocycles. The third-order valence-electron chi connectivity index (χ3n) is 1.98. The Hall–Kier alpha value is -2.21. The van der Waals surface area contributed by atoms with Crippen molar-refractivity contribution in [2.24, 2.45) is 0 Å². The fourth-order valence-corrected chi connectivity index (χ4v) is 1.38. The zero-order valence-electron chi connectivity index (χ0n) is 7.27. The number of hydrogen-bond donors (Lipinski definition) is 1. The van der Waals surface area contributed by atoms with Crippen LogP contribution < -0.4 is 4.74 Å². The number of ether oxygens (including phenoxy) is 1. The minimum Gasteiger partial charge on any atom is -0.508 e. The van der Waals surface area contributed by atoms with E-state index in [9.17, 15) is 5.11 Å². The van der Waals surface area contributed by atoms with Crippen molar-refractivity contribution in [1.82, 2.24) is 0 Å². The zero-order valence-corrected chi connectivity index (χ0v) is 7.27. The molecular weight excluding hydrogens is 178 g/mol. The van der Waals surface area contributed by atoms with Crippen LogP contribution in [0.4, 0.5) is 0 Å². The predicted octanol–water partition coefficient (Wildman–Crippen LogP) is 2.41. The summed E-state index contributed by atoms with van der Waals surface area (Å²) < 4.78 is 4.78. The molecular formula is C11H7NO2. The highest BCUT2D eigenvalue weighted by molar-refractivity contribution is 5.89. The first kappa shape index (κ1) is 8.39. The Morgan fingerprint density at radius 3 is 2.86 bits per heavy atom. The Bertz CT molecular complexity index is 514. The highest BCUT2D eigenvalue weighted by Gasteiger charge is 2.01. The van der Waals surface area contributed by atoms with Crippen LogP contribution in [0.2, 0.25) is 0 Å². The van der Waals surface area contributed by atoms with Crippen molar-refractivity contribution >= 4 is 10.8 Å². The van der Waals surface area contributed by atoms with Gasteiger partial charge < -0.3 is 9.84 Å². The molecule has 0 aliphatic carbocycles. The number of rotatable bonds is 1. The molecule has 0 fully saturated rings. The molecule has 0 aliphatic heterocycles. The maximum Gasteiger partial charge on any atom is 0.292 e. The smallest absolute Gasteiger partial charge is 0.292 e. The van der Waals surface area contributed by atoms with E-state index in [2.05, 4.69) is 0 Å². The van der Waals surface area contributed by atoms with Crippen LogP contribution >= 0.6 is 0 Å². The molecule has 0 aromatic heterocycles. The van der Waals surface area contributed by atoms with Gasteiger partial charge in [-0.1, -0.05) is 12.1 Å². The van der Waals surface area contributed by atoms with E-state index in [1.807, 2.05) is 6.07 Å². The lowest BCUT2D eigenvalue weighted by Gasteiger charge is -2.02. The quantitative estimate of drug-likeness (QED) is 0.694. The Kier molecular flexibility index (Phi) is 1.96. The molecule has 2 rings (SSSR count). The molecule has 0 unspecified atom stereocenters. The molecule has 0 radical (unpaired) electrons. The number of benzene rings is 2. The van der Waals surface area contributed by atoms with E-state index >= 15 is 0 Å². The van der Waals surface area contributed by atoms with Crippen molar-refractivity contribution in [3.05, 3.63) is 36.4 Å². The summed E-state index contributed by atoms with van der Waals surface area (Å²) in [7, 11) is 0. The topological polar surface area (TPSA) is 53.2 Å². The summed E-state index contributed by atoms with van der Waals surface area (Å²) in [4.78, 5) is 0. The number of phenols is 1. The Morgan fingerprint density at radius 2 is 2.07 bits per heavy atom. The number of hydrogen-bond acceptors (Lipinski definition) is 3. The molecule has 0 heterocycles. The number of phenolic OH excluding ortho intramolecular Hbond substituents is 1. The summed E-state index contributed by atoms with van der Waals surface area (Å²) in [5.74, 6) is 0.705. The standard InChI is InChI=1S/C11H7NO2/c12-7-14-11-3-1-2-8-6-9(13)4-5-10(8)11/h1-6,13H. The minimum atomic E-state index is 0.201. The summed E-state index contributed by atoms with van der Waals surface area (Å²) in [6, 6.07) is 10.2. The number of nitriles is 1. The molecule has 0 bridgehead atoms. The third kappa shape index (κ3) is 1.34. The monoisotopic (exact) mass is 185 g/mol. The van der Waals surface area contributed by atoms with Crippen molar-refractivity contribution < 1.29 is 9.84 Å². The fraction of sp³-hybridized carbons (Fsp3) is 0. The highest BCUT2D eigenvalue weighted by Crippen LogP contribution is 2.27. The van der Waals surface area contributed by atoms with Gasteiger partial charge in [-0.05, 0) is 29.7 Å². The second-order valence-corrected chi connectivity index (χ2v) is 2.85. The van der Waals surface area contributed by atoms with E-state index in [1.54, 1.807) is 36.6 Å². The van der Waals surface area contributed by atoms with Crippen LogP contribution in [0.5, 0.6) is 11.5 Å². The number of fused-ring (bicyclic) bond motifs is 1. The number of aromatic hydroxyl groups is 1. The van der Waals surface area contributed by atoms with Crippen LogP contribution in [0.25, 0.3) is 10.8 Å². The SMILES string of the molecule is N#COc1cccc2cc(O)ccc12. The summed E-state index contributed by atoms with van der Waals surface area (Å²) in [6.07, 6.45) is 1.63. The third-order valence-corrected chi connectivity index (χ3v) is 1.98. The molecule has 0 atom stereocenters. The summed E-state index contributed by atoms with van der Waals surface area (Å²) >= 11 is 0. The molecule has 0 saturated carbocycles. The molecule has 0 spiro atoms. The van der Waals surface area contributed by atoms with Crippen LogP contribution in [0.15, 0.2) is 36.4 Å². The first-order chi connectivity index (χ1) is 6.81. The fourth-order valence-electron chi connectivity index (χ4n) is 1.38. The Morgan fingerprint density at radius 1 is 1.21 bits per heavy atom. The normalized spacial score (nSPS) is 9.64. The molecule has 2 aromatic carbocycles. The van der Waals surface area contributed by atoms with Gasteiger partial charge in [0, 0.05) is 5.39 Å². The van der Waals surface area contributed by atoms with E-state index in [-0.39, 0.29) is 5.75 Å². The van der Waals surface area contributed by atoms with Crippen LogP contribution in [-0.4, -0.2) is 5.11 Å². The lowest BCUT2D eigenvalue weighted by Crippen LogP contribution is -1.83. The molecule has 0 aliphatic rings. The molecule has 2 aromatic rings. The Balaban J connectivity index is 2.70. The molecule has 3 nitrogen and oxygen atoms in total. The van der Waals surface area contributed by atoms with Crippen LogP contribution in [0.3, 0.4) is 0 Å². The van der Waals surface area contributed by atoms with Crippen molar-refractivity contribution in [3.8, 4) is 17.8 Å². The van der Waals surface area contributed by atoms with E-state index in [4.69, 9.17) is 10.00 Å². The largest absolute Gasteiger partial charge is 0.508 e. The first-order valence-corrected chi connectivity index (χ1v) is 4.09. The van der Waals surface area contributed by atoms with Crippen LogP contribution in [-0.2, 0) is 0 Å². The molecule has 3 heteroatoms. The number of nitrogens with zero attached hydrogens (tertiary/aromatic N) is 1. The van der Waals surface area contributed by atoms with E-state index in [0.717, 1.165) is 10.8 Å². The van der Waals surface area contributed by atoms with E-state index in [1.165, 1.54) is 0 Å². The average Bonchev–Trinajstić information content (AvgIpc) is 2.18. The van der Waals surface area contributed by atoms with Crippen LogP contribution in [0.1, 0.15) is 0 Å². The molecule has 14 heavy (non-hydrogen) atoms. The second-order valence-electron chi connectivity index (χ2n) is 2.85. The second kappa shape index (κ2) is 3.27. The Labute approximate surface area is 80.8 Å². The molecule has 0 amide bonds. The molecule has 1 N–H and O–H groups in total. The van der Waals surface area contributed by atoms with Gasteiger partial charge in [0.15, 0.2) is 0 Å². The van der Waals surface area contributed by atoms with Crippen molar-refractivity contribution in [3.63, 3.8) is 0 Å².